The van der Waals surface area contributed by atoms with Gasteiger partial charge in [0.2, 0.25) is 0 Å². The van der Waals surface area contributed by atoms with Crippen molar-refractivity contribution in [3.05, 3.63) is 241 Å². The third-order valence-electron chi connectivity index (χ3n) is 12.7. The fourth-order valence-electron chi connectivity index (χ4n) is 9.90. The van der Waals surface area contributed by atoms with E-state index in [-0.39, 0.29) is 5.84 Å². The molecule has 0 amide bonds. The fraction of sp³-hybridized carbons (Fsp3) is 0. The van der Waals surface area contributed by atoms with Crippen LogP contribution in [0.4, 0.5) is 0 Å². The zero-order valence-corrected chi connectivity index (χ0v) is 34.3. The number of amidine groups is 1. The van der Waals surface area contributed by atoms with E-state index in [1.54, 1.807) is 0 Å². The zero-order valence-electron chi connectivity index (χ0n) is 34.3. The number of hydrogen-bond donors (Lipinski definition) is 1. The van der Waals surface area contributed by atoms with Gasteiger partial charge < -0.3 is 4.57 Å². The summed E-state index contributed by atoms with van der Waals surface area (Å²) in [6, 6.07) is 77.6. The third-order valence-corrected chi connectivity index (χ3v) is 12.7. The first-order valence-corrected chi connectivity index (χ1v) is 21.5. The average Bonchev–Trinajstić information content (AvgIpc) is 3.68. The van der Waals surface area contributed by atoms with Gasteiger partial charge in [0, 0.05) is 21.9 Å². The van der Waals surface area contributed by atoms with Gasteiger partial charge in [0.1, 0.15) is 0 Å². The van der Waals surface area contributed by atoms with E-state index in [1.807, 2.05) is 30.3 Å². The molecule has 12 aromatic rings. The number of hydrogen-bond acceptors (Lipinski definition) is 1. The lowest BCUT2D eigenvalue weighted by Gasteiger charge is -2.20. The first-order valence-electron chi connectivity index (χ1n) is 21.5. The first-order chi connectivity index (χ1) is 31.2. The number of rotatable bonds is 6. The summed E-state index contributed by atoms with van der Waals surface area (Å²) in [7, 11) is 0. The van der Waals surface area contributed by atoms with E-state index in [1.165, 1.54) is 65.0 Å². The molecule has 63 heavy (non-hydrogen) atoms. The lowest BCUT2D eigenvalue weighted by Crippen LogP contribution is -2.08. The number of allylic oxidation sites excluding steroid dienone is 1. The Morgan fingerprint density at radius 1 is 0.397 bits per heavy atom. The molecule has 0 spiro atoms. The quantitative estimate of drug-likeness (QED) is 0.0753. The van der Waals surface area contributed by atoms with E-state index >= 15 is 0 Å². The first kappa shape index (κ1) is 36.5. The third kappa shape index (κ3) is 5.97. The summed E-state index contributed by atoms with van der Waals surface area (Å²) in [6.45, 7) is 0. The molecule has 0 saturated heterocycles. The van der Waals surface area contributed by atoms with Crippen LogP contribution in [0.2, 0.25) is 0 Å². The Balaban J connectivity index is 1.12. The van der Waals surface area contributed by atoms with Crippen molar-refractivity contribution in [1.82, 2.24) is 4.57 Å². The van der Waals surface area contributed by atoms with Gasteiger partial charge in [-0.3, -0.25) is 5.41 Å². The molecule has 0 saturated carbocycles. The van der Waals surface area contributed by atoms with E-state index < -0.39 is 0 Å². The SMILES string of the molecule is N=C(N=C(/C=C/c1c2ccccc2c(-c2c3ccccc3cc3c2ccc2ccccc23)c2ccccc12)c1ccccc1-n1c2ccccc2c2ccccc21)c1ccccc1. The Morgan fingerprint density at radius 2 is 0.889 bits per heavy atom. The van der Waals surface area contributed by atoms with Crippen LogP contribution in [-0.2, 0) is 0 Å². The molecule has 11 aromatic carbocycles. The van der Waals surface area contributed by atoms with Crippen molar-refractivity contribution in [2.75, 3.05) is 0 Å². The van der Waals surface area contributed by atoms with Gasteiger partial charge in [-0.25, -0.2) is 4.99 Å². The van der Waals surface area contributed by atoms with Gasteiger partial charge in [-0.05, 0) is 101 Å². The molecule has 0 unspecified atom stereocenters. The van der Waals surface area contributed by atoms with E-state index in [9.17, 15) is 5.41 Å². The highest BCUT2D eigenvalue weighted by Gasteiger charge is 2.21. The summed E-state index contributed by atoms with van der Waals surface area (Å²) in [5.74, 6) is 0.202. The smallest absolute Gasteiger partial charge is 0.152 e. The lowest BCUT2D eigenvalue weighted by atomic mass is 9.83. The van der Waals surface area contributed by atoms with Crippen molar-refractivity contribution in [2.24, 2.45) is 4.99 Å². The lowest BCUT2D eigenvalue weighted by molar-refractivity contribution is 1.17. The van der Waals surface area contributed by atoms with Gasteiger partial charge in [0.25, 0.3) is 0 Å². The second-order valence-corrected chi connectivity index (χ2v) is 16.2. The summed E-state index contributed by atoms with van der Waals surface area (Å²) >= 11 is 0. The van der Waals surface area contributed by atoms with Crippen molar-refractivity contribution in [1.29, 1.82) is 5.41 Å². The minimum absolute atomic E-state index is 0.202. The molecule has 3 nitrogen and oxygen atoms in total. The van der Waals surface area contributed by atoms with E-state index in [0.717, 1.165) is 44.2 Å². The van der Waals surface area contributed by atoms with Crippen LogP contribution in [-0.4, -0.2) is 16.1 Å². The molecule has 1 N–H and O–H groups in total. The van der Waals surface area contributed by atoms with Crippen LogP contribution < -0.4 is 0 Å². The molecule has 0 aliphatic rings. The van der Waals surface area contributed by atoms with Gasteiger partial charge >= 0.3 is 0 Å². The summed E-state index contributed by atoms with van der Waals surface area (Å²) in [6.07, 6.45) is 4.35. The predicted octanol–water partition coefficient (Wildman–Crippen LogP) is 15.7. The van der Waals surface area contributed by atoms with Crippen molar-refractivity contribution in [2.45, 2.75) is 0 Å². The predicted molar refractivity (Wildman–Crippen MR) is 269 cm³/mol. The number of para-hydroxylation sites is 3. The van der Waals surface area contributed by atoms with E-state index in [2.05, 4.69) is 205 Å². The van der Waals surface area contributed by atoms with Crippen molar-refractivity contribution >= 4 is 93.3 Å². The topological polar surface area (TPSA) is 41.1 Å². The summed E-state index contributed by atoms with van der Waals surface area (Å²) < 4.78 is 2.34. The molecular formula is C60H39N3. The molecule has 294 valence electrons. The van der Waals surface area contributed by atoms with Gasteiger partial charge in [-0.1, -0.05) is 200 Å². The number of nitrogens with one attached hydrogen (secondary N) is 1. The molecule has 0 atom stereocenters. The Bertz CT molecular complexity index is 3760. The summed E-state index contributed by atoms with van der Waals surface area (Å²) in [5, 5.41) is 23.8. The van der Waals surface area contributed by atoms with Crippen LogP contribution in [0.1, 0.15) is 16.7 Å². The molecule has 1 aromatic heterocycles. The van der Waals surface area contributed by atoms with Gasteiger partial charge in [0.15, 0.2) is 5.84 Å². The molecule has 0 bridgehead atoms. The van der Waals surface area contributed by atoms with Gasteiger partial charge in [-0.15, -0.1) is 0 Å². The van der Waals surface area contributed by atoms with Gasteiger partial charge in [-0.2, -0.15) is 0 Å². The van der Waals surface area contributed by atoms with Crippen LogP contribution >= 0.6 is 0 Å². The Morgan fingerprint density at radius 3 is 1.57 bits per heavy atom. The second kappa shape index (κ2) is 14.9. The van der Waals surface area contributed by atoms with Crippen LogP contribution in [0.3, 0.4) is 0 Å². The fourth-order valence-corrected chi connectivity index (χ4v) is 9.90. The number of aliphatic imine (C=N–C) groups is 1. The average molecular weight is 802 g/mol. The van der Waals surface area contributed by atoms with Gasteiger partial charge in [0.05, 0.1) is 22.4 Å². The number of fused-ring (bicyclic) bond motifs is 9. The minimum atomic E-state index is 0.202. The number of benzene rings is 11. The molecule has 0 fully saturated rings. The minimum Gasteiger partial charge on any atom is -0.309 e. The molecule has 12 rings (SSSR count). The number of aromatic nitrogens is 1. The normalized spacial score (nSPS) is 12.2. The largest absolute Gasteiger partial charge is 0.309 e. The molecule has 3 heteroatoms. The highest BCUT2D eigenvalue weighted by molar-refractivity contribution is 6.28. The van der Waals surface area contributed by atoms with Crippen molar-refractivity contribution in [3.8, 4) is 16.8 Å². The second-order valence-electron chi connectivity index (χ2n) is 16.2. The maximum absolute atomic E-state index is 9.34. The number of nitrogens with zero attached hydrogens (tertiary/aromatic N) is 2. The Labute approximate surface area is 364 Å². The summed E-state index contributed by atoms with van der Waals surface area (Å²) in [5.41, 5.74) is 9.21. The van der Waals surface area contributed by atoms with Crippen LogP contribution in [0, 0.1) is 5.41 Å². The molecule has 0 radical (unpaired) electrons. The standard InChI is InChI=1S/C60H39N3/c61-60(40-19-2-1-3-20-40)62-54(52-30-14-17-33-57(52)63-55-31-15-12-26-47(55)48-27-13-16-32-56(48)63)37-36-46-44-24-8-10-28-49(44)59(50-29-11-9-25-45(46)50)58-43-23-7-5-21-41(43)38-53-42-22-6-4-18-39(42)34-35-51(53)58/h1-38,61H/b37-36+,61-60?,62-54?. The maximum Gasteiger partial charge on any atom is 0.152 e. The monoisotopic (exact) mass is 801 g/mol. The zero-order chi connectivity index (χ0) is 41.9. The molecule has 1 heterocycles. The van der Waals surface area contributed by atoms with E-state index in [4.69, 9.17) is 4.99 Å². The van der Waals surface area contributed by atoms with Crippen LogP contribution in [0.25, 0.3) is 98.6 Å². The van der Waals surface area contributed by atoms with Crippen LogP contribution in [0.5, 0.6) is 0 Å². The Kier molecular flexibility index (Phi) is 8.65. The Hall–Kier alpha value is -8.40. The summed E-state index contributed by atoms with van der Waals surface area (Å²) in [4.78, 5) is 5.18. The highest BCUT2D eigenvalue weighted by atomic mass is 15.0. The molecule has 0 aliphatic carbocycles. The molecule has 0 aliphatic heterocycles. The molecular weight excluding hydrogens is 763 g/mol. The highest BCUT2D eigenvalue weighted by Crippen LogP contribution is 2.46. The van der Waals surface area contributed by atoms with Crippen LogP contribution in [0.15, 0.2) is 229 Å². The van der Waals surface area contributed by atoms with E-state index in [0.29, 0.717) is 5.71 Å². The van der Waals surface area contributed by atoms with Crippen molar-refractivity contribution < 1.29 is 0 Å². The maximum atomic E-state index is 9.34. The van der Waals surface area contributed by atoms with Crippen molar-refractivity contribution in [3.63, 3.8) is 0 Å².